The Morgan fingerprint density at radius 3 is 1.47 bits per heavy atom. The second kappa shape index (κ2) is 6.69. The van der Waals surface area contributed by atoms with Crippen LogP contribution >= 0.6 is 0 Å². The highest BCUT2D eigenvalue weighted by atomic mass is 28.4. The van der Waals surface area contributed by atoms with E-state index in [4.69, 9.17) is 21.7 Å². The first-order chi connectivity index (χ1) is 6.95. The second-order valence-corrected chi connectivity index (χ2v) is 6.70. The van der Waals surface area contributed by atoms with Crippen molar-refractivity contribution in [1.29, 1.82) is 0 Å². The van der Waals surface area contributed by atoms with Crippen molar-refractivity contribution in [2.75, 3.05) is 13.2 Å². The first-order valence-corrected chi connectivity index (χ1v) is 7.01. The van der Waals surface area contributed by atoms with Gasteiger partial charge in [-0.05, 0) is 11.8 Å². The second-order valence-electron chi connectivity index (χ2n) is 4.31. The Hall–Kier alpha value is -0.743. The van der Waals surface area contributed by atoms with E-state index in [2.05, 4.69) is 38.8 Å². The van der Waals surface area contributed by atoms with E-state index in [0.717, 1.165) is 0 Å². The molecule has 0 aromatic heterocycles. The largest absolute Gasteiger partial charge is 0.510 e. The quantitative estimate of drug-likeness (QED) is 0.508. The van der Waals surface area contributed by atoms with Crippen molar-refractivity contribution in [3.8, 4) is 23.9 Å². The third kappa shape index (κ3) is 5.64. The third-order valence-corrected chi connectivity index (χ3v) is 3.53. The lowest BCUT2D eigenvalue weighted by Crippen LogP contribution is -2.42. The molecule has 0 saturated carbocycles. The van der Waals surface area contributed by atoms with Crippen LogP contribution in [-0.4, -0.2) is 21.8 Å². The highest BCUT2D eigenvalue weighted by Crippen LogP contribution is 2.09. The van der Waals surface area contributed by atoms with E-state index in [-0.39, 0.29) is 0 Å². The van der Waals surface area contributed by atoms with Crippen LogP contribution in [0.25, 0.3) is 0 Å². The van der Waals surface area contributed by atoms with Gasteiger partial charge in [-0.3, -0.25) is 0 Å². The van der Waals surface area contributed by atoms with Crippen molar-refractivity contribution in [3.63, 3.8) is 0 Å². The lowest BCUT2D eigenvalue weighted by molar-refractivity contribution is 0.160. The van der Waals surface area contributed by atoms with E-state index >= 15 is 0 Å². The molecule has 0 aliphatic carbocycles. The van der Waals surface area contributed by atoms with Gasteiger partial charge in [0.05, 0.1) is 0 Å². The van der Waals surface area contributed by atoms with E-state index in [1.165, 1.54) is 0 Å². The summed E-state index contributed by atoms with van der Waals surface area (Å²) in [4.78, 5) is 0. The SMILES string of the molecule is C#C[Si](C#C)(OCC(C)C)OCC(C)C. The average Bonchev–Trinajstić information content (AvgIpc) is 2.19. The van der Waals surface area contributed by atoms with Crippen LogP contribution in [0.15, 0.2) is 0 Å². The van der Waals surface area contributed by atoms with Crippen LogP contribution in [0, 0.1) is 35.8 Å². The van der Waals surface area contributed by atoms with Crippen LogP contribution in [-0.2, 0) is 8.85 Å². The van der Waals surface area contributed by atoms with Gasteiger partial charge in [-0.15, -0.1) is 12.8 Å². The molecule has 15 heavy (non-hydrogen) atoms. The lowest BCUT2D eigenvalue weighted by atomic mass is 10.2. The molecular weight excluding hydrogens is 204 g/mol. The maximum Gasteiger partial charge on any atom is 0.510 e. The normalized spacial score (nSPS) is 11.5. The molecule has 0 heterocycles. The van der Waals surface area contributed by atoms with Gasteiger partial charge in [0.1, 0.15) is 0 Å². The Labute approximate surface area is 94.6 Å². The third-order valence-electron chi connectivity index (χ3n) is 1.62. The minimum atomic E-state index is -2.81. The zero-order valence-electron chi connectivity index (χ0n) is 10.0. The van der Waals surface area contributed by atoms with Gasteiger partial charge >= 0.3 is 8.56 Å². The molecule has 0 bridgehead atoms. The summed E-state index contributed by atoms with van der Waals surface area (Å²) in [5, 5.41) is 0. The highest BCUT2D eigenvalue weighted by Gasteiger charge is 2.35. The topological polar surface area (TPSA) is 18.5 Å². The fourth-order valence-electron chi connectivity index (χ4n) is 0.818. The molecular formula is C12H20O2Si. The van der Waals surface area contributed by atoms with Crippen molar-refractivity contribution in [1.82, 2.24) is 0 Å². The van der Waals surface area contributed by atoms with Gasteiger partial charge < -0.3 is 8.85 Å². The molecule has 84 valence electrons. The molecule has 0 aromatic carbocycles. The van der Waals surface area contributed by atoms with Gasteiger partial charge in [-0.1, -0.05) is 38.8 Å². The van der Waals surface area contributed by atoms with Gasteiger partial charge in [0.25, 0.3) is 0 Å². The lowest BCUT2D eigenvalue weighted by Gasteiger charge is -2.22. The number of terminal acetylenes is 2. The maximum absolute atomic E-state index is 5.58. The summed E-state index contributed by atoms with van der Waals surface area (Å²) in [7, 11) is -2.81. The molecule has 0 aliphatic rings. The Morgan fingerprint density at radius 1 is 0.933 bits per heavy atom. The van der Waals surface area contributed by atoms with Crippen LogP contribution in [0.1, 0.15) is 27.7 Å². The minimum absolute atomic E-state index is 0.404. The molecule has 0 unspecified atom stereocenters. The van der Waals surface area contributed by atoms with Crippen molar-refractivity contribution in [3.05, 3.63) is 0 Å². The fourth-order valence-corrected chi connectivity index (χ4v) is 2.45. The maximum atomic E-state index is 5.58. The Kier molecular flexibility index (Phi) is 6.36. The number of hydrogen-bond donors (Lipinski definition) is 0. The Bertz CT molecular complexity index is 230. The molecule has 0 amide bonds. The summed E-state index contributed by atoms with van der Waals surface area (Å²) < 4.78 is 11.2. The molecule has 2 nitrogen and oxygen atoms in total. The molecule has 3 heteroatoms. The summed E-state index contributed by atoms with van der Waals surface area (Å²) in [5.74, 6) is 0.808. The van der Waals surface area contributed by atoms with E-state index < -0.39 is 8.56 Å². The standard InChI is InChI=1S/C12H20O2Si/c1-7-15(8-2,13-9-11(3)4)14-10-12(5)6/h1-2,11-12H,9-10H2,3-6H3. The van der Waals surface area contributed by atoms with Gasteiger partial charge in [-0.2, -0.15) is 0 Å². The predicted molar refractivity (Wildman–Crippen MR) is 65.0 cm³/mol. The van der Waals surface area contributed by atoms with Crippen LogP contribution in [0.2, 0.25) is 0 Å². The van der Waals surface area contributed by atoms with E-state index in [9.17, 15) is 0 Å². The van der Waals surface area contributed by atoms with Crippen molar-refractivity contribution >= 4 is 8.56 Å². The molecule has 0 rings (SSSR count). The molecule has 0 atom stereocenters. The van der Waals surface area contributed by atoms with Crippen LogP contribution < -0.4 is 0 Å². The zero-order valence-corrected chi connectivity index (χ0v) is 11.0. The van der Waals surface area contributed by atoms with Crippen molar-refractivity contribution in [2.45, 2.75) is 27.7 Å². The molecule has 0 aromatic rings. The smallest absolute Gasteiger partial charge is 0.376 e. The summed E-state index contributed by atoms with van der Waals surface area (Å²) in [6.07, 6.45) is 10.8. The Balaban J connectivity index is 4.34. The van der Waals surface area contributed by atoms with Gasteiger partial charge in [0.15, 0.2) is 0 Å². The first-order valence-electron chi connectivity index (χ1n) is 5.19. The predicted octanol–water partition coefficient (Wildman–Crippen LogP) is 2.12. The van der Waals surface area contributed by atoms with Crippen molar-refractivity contribution < 1.29 is 8.85 Å². The fraction of sp³-hybridized carbons (Fsp3) is 0.667. The zero-order chi connectivity index (χ0) is 11.9. The summed E-state index contributed by atoms with van der Waals surface area (Å²) in [6.45, 7) is 9.31. The number of hydrogen-bond acceptors (Lipinski definition) is 2. The summed E-state index contributed by atoms with van der Waals surface area (Å²) in [6, 6.07) is 0. The monoisotopic (exact) mass is 224 g/mol. The van der Waals surface area contributed by atoms with E-state index in [1.54, 1.807) is 0 Å². The average molecular weight is 224 g/mol. The van der Waals surface area contributed by atoms with Gasteiger partial charge in [0.2, 0.25) is 0 Å². The first kappa shape index (κ1) is 14.3. The molecule has 0 aliphatic heterocycles. The Morgan fingerprint density at radius 2 is 1.27 bits per heavy atom. The molecule has 0 fully saturated rings. The highest BCUT2D eigenvalue weighted by molar-refractivity contribution is 6.83. The molecule has 0 N–H and O–H groups in total. The van der Waals surface area contributed by atoms with Gasteiger partial charge in [0, 0.05) is 13.2 Å². The van der Waals surface area contributed by atoms with Crippen molar-refractivity contribution in [2.24, 2.45) is 11.8 Å². The van der Waals surface area contributed by atoms with Crippen LogP contribution in [0.5, 0.6) is 0 Å². The summed E-state index contributed by atoms with van der Waals surface area (Å²) in [5.41, 5.74) is 5.07. The van der Waals surface area contributed by atoms with E-state index in [1.807, 2.05) is 0 Å². The molecule has 0 spiro atoms. The molecule has 0 radical (unpaired) electrons. The van der Waals surface area contributed by atoms with Gasteiger partial charge in [-0.25, -0.2) is 0 Å². The summed E-state index contributed by atoms with van der Waals surface area (Å²) >= 11 is 0. The van der Waals surface area contributed by atoms with Crippen LogP contribution in [0.3, 0.4) is 0 Å². The molecule has 0 saturated heterocycles. The minimum Gasteiger partial charge on any atom is -0.376 e. The van der Waals surface area contributed by atoms with Crippen LogP contribution in [0.4, 0.5) is 0 Å². The number of rotatable bonds is 6. The van der Waals surface area contributed by atoms with E-state index in [0.29, 0.717) is 25.0 Å².